The summed E-state index contributed by atoms with van der Waals surface area (Å²) < 4.78 is 1.68. The third-order valence-electron chi connectivity index (χ3n) is 3.77. The maximum Gasteiger partial charge on any atom is 0.254 e. The third kappa shape index (κ3) is 3.26. The van der Waals surface area contributed by atoms with Crippen molar-refractivity contribution >= 4 is 23.2 Å². The van der Waals surface area contributed by atoms with Crippen LogP contribution in [0, 0.1) is 18.3 Å². The van der Waals surface area contributed by atoms with Gasteiger partial charge in [0.2, 0.25) is 0 Å². The fourth-order valence-electron chi connectivity index (χ4n) is 2.52. The first-order valence-corrected chi connectivity index (χ1v) is 7.74. The summed E-state index contributed by atoms with van der Waals surface area (Å²) in [5, 5.41) is 9.21. The van der Waals surface area contributed by atoms with Gasteiger partial charge in [0.1, 0.15) is 17.4 Å². The van der Waals surface area contributed by atoms with Crippen molar-refractivity contribution in [1.82, 2.24) is 19.3 Å². The molecule has 25 heavy (non-hydrogen) atoms. The van der Waals surface area contributed by atoms with Crippen molar-refractivity contribution in [2.45, 2.75) is 6.92 Å². The molecular weight excluding hydrogens is 314 g/mol. The van der Waals surface area contributed by atoms with E-state index in [1.165, 1.54) is 11.1 Å². The van der Waals surface area contributed by atoms with E-state index in [2.05, 4.69) is 16.0 Å². The van der Waals surface area contributed by atoms with E-state index in [0.29, 0.717) is 28.2 Å². The fraction of sp³-hybridized carbons (Fsp3) is 0.158. The molecule has 0 fully saturated rings. The van der Waals surface area contributed by atoms with Gasteiger partial charge in [0.25, 0.3) is 5.91 Å². The largest absolute Gasteiger partial charge is 0.345 e. The number of likely N-dealkylation sites (N-methyl/N-ethyl adjacent to an activating group) is 1. The van der Waals surface area contributed by atoms with Crippen LogP contribution in [0.15, 0.2) is 42.7 Å². The zero-order chi connectivity index (χ0) is 18.0. The first-order chi connectivity index (χ1) is 12.0. The Hall–Kier alpha value is -3.46. The minimum atomic E-state index is -0.138. The molecule has 0 bridgehead atoms. The molecule has 3 aromatic rings. The Balaban J connectivity index is 2.18. The minimum absolute atomic E-state index is 0.138. The summed E-state index contributed by atoms with van der Waals surface area (Å²) >= 11 is 0. The van der Waals surface area contributed by atoms with E-state index >= 15 is 0 Å². The number of carbonyl (C=O) groups is 1. The van der Waals surface area contributed by atoms with Gasteiger partial charge >= 0.3 is 0 Å². The molecule has 0 radical (unpaired) electrons. The number of hydrogen-bond acceptors (Lipinski definition) is 4. The molecule has 3 rings (SSSR count). The van der Waals surface area contributed by atoms with E-state index in [1.807, 2.05) is 31.2 Å². The second-order valence-corrected chi connectivity index (χ2v) is 5.86. The van der Waals surface area contributed by atoms with E-state index in [-0.39, 0.29) is 5.91 Å². The van der Waals surface area contributed by atoms with Crippen LogP contribution >= 0.6 is 0 Å². The zero-order valence-electron chi connectivity index (χ0n) is 14.3. The van der Waals surface area contributed by atoms with Gasteiger partial charge in [-0.25, -0.2) is 4.98 Å². The number of carbonyl (C=O) groups excluding carboxylic acids is 1. The highest BCUT2D eigenvalue weighted by Crippen LogP contribution is 2.21. The number of amides is 1. The molecule has 0 saturated heterocycles. The molecule has 0 unspecified atom stereocenters. The molecule has 0 N–H and O–H groups in total. The Labute approximate surface area is 145 Å². The lowest BCUT2D eigenvalue weighted by Crippen LogP contribution is -2.23. The number of nitriles is 1. The van der Waals surface area contributed by atoms with Gasteiger partial charge in [-0.3, -0.25) is 14.2 Å². The highest BCUT2D eigenvalue weighted by atomic mass is 16.2. The van der Waals surface area contributed by atoms with Crippen LogP contribution in [0.5, 0.6) is 0 Å². The second kappa shape index (κ2) is 6.57. The second-order valence-electron chi connectivity index (χ2n) is 5.86. The molecular formula is C19H17N5O. The summed E-state index contributed by atoms with van der Waals surface area (Å²) in [4.78, 5) is 22.8. The molecule has 124 valence electrons. The van der Waals surface area contributed by atoms with Gasteiger partial charge < -0.3 is 4.90 Å². The fourth-order valence-corrected chi connectivity index (χ4v) is 2.52. The molecule has 0 aliphatic heterocycles. The Morgan fingerprint density at radius 1 is 1.28 bits per heavy atom. The van der Waals surface area contributed by atoms with Gasteiger partial charge in [0, 0.05) is 31.5 Å². The lowest BCUT2D eigenvalue weighted by atomic mass is 10.0. The average Bonchev–Trinajstić information content (AvgIpc) is 3.01. The molecule has 1 amide bonds. The van der Waals surface area contributed by atoms with Crippen molar-refractivity contribution in [3.63, 3.8) is 0 Å². The Kier molecular flexibility index (Phi) is 4.31. The topological polar surface area (TPSA) is 74.3 Å². The molecule has 3 aromatic heterocycles. The van der Waals surface area contributed by atoms with Crippen LogP contribution in [0.4, 0.5) is 0 Å². The number of nitrogens with zero attached hydrogens (tertiary/aromatic N) is 5. The number of rotatable bonds is 3. The molecule has 0 saturated carbocycles. The first-order valence-electron chi connectivity index (χ1n) is 7.74. The Morgan fingerprint density at radius 3 is 2.76 bits per heavy atom. The number of aromatic nitrogens is 3. The van der Waals surface area contributed by atoms with E-state index in [9.17, 15) is 10.1 Å². The summed E-state index contributed by atoms with van der Waals surface area (Å²) in [5.74, 6) is -0.138. The standard InChI is InChI=1S/C19H17N5O/c1-13-5-4-6-15(22-13)9-17(19(25)23(2)3)14-7-8-18-21-11-16(10-20)24(18)12-14/h4-9,11-12H,1-3H3/b17-9+. The van der Waals surface area contributed by atoms with Gasteiger partial charge in [-0.2, -0.15) is 5.26 Å². The molecule has 3 heterocycles. The van der Waals surface area contributed by atoms with Crippen molar-refractivity contribution in [2.24, 2.45) is 0 Å². The molecule has 6 heteroatoms. The average molecular weight is 331 g/mol. The summed E-state index contributed by atoms with van der Waals surface area (Å²) in [7, 11) is 3.41. The summed E-state index contributed by atoms with van der Waals surface area (Å²) in [6.07, 6.45) is 5.03. The van der Waals surface area contributed by atoms with E-state index in [0.717, 1.165) is 5.69 Å². The van der Waals surface area contributed by atoms with E-state index in [1.54, 1.807) is 36.8 Å². The maximum atomic E-state index is 12.7. The van der Waals surface area contributed by atoms with Crippen molar-refractivity contribution in [3.8, 4) is 6.07 Å². The van der Waals surface area contributed by atoms with Crippen LogP contribution in [0.1, 0.15) is 22.6 Å². The zero-order valence-corrected chi connectivity index (χ0v) is 14.3. The minimum Gasteiger partial charge on any atom is -0.345 e. The summed E-state index contributed by atoms with van der Waals surface area (Å²) in [6.45, 7) is 1.90. The van der Waals surface area contributed by atoms with Crippen molar-refractivity contribution in [2.75, 3.05) is 14.1 Å². The van der Waals surface area contributed by atoms with Crippen molar-refractivity contribution in [1.29, 1.82) is 5.26 Å². The van der Waals surface area contributed by atoms with Crippen molar-refractivity contribution in [3.05, 3.63) is 65.4 Å². The van der Waals surface area contributed by atoms with Crippen molar-refractivity contribution < 1.29 is 4.79 Å². The highest BCUT2D eigenvalue weighted by Gasteiger charge is 2.16. The molecule has 0 spiro atoms. The molecule has 0 aliphatic carbocycles. The molecule has 0 aliphatic rings. The number of hydrogen-bond donors (Lipinski definition) is 0. The van der Waals surface area contributed by atoms with Gasteiger partial charge in [-0.05, 0) is 37.3 Å². The van der Waals surface area contributed by atoms with E-state index < -0.39 is 0 Å². The maximum absolute atomic E-state index is 12.7. The van der Waals surface area contributed by atoms with Gasteiger partial charge in [0.15, 0.2) is 0 Å². The van der Waals surface area contributed by atoms with Gasteiger partial charge in [-0.1, -0.05) is 6.07 Å². The van der Waals surface area contributed by atoms with Crippen LogP contribution in [0.2, 0.25) is 0 Å². The number of imidazole rings is 1. The van der Waals surface area contributed by atoms with Gasteiger partial charge in [0.05, 0.1) is 17.5 Å². The molecule has 0 atom stereocenters. The smallest absolute Gasteiger partial charge is 0.254 e. The SMILES string of the molecule is Cc1cccc(/C=C(/C(=O)N(C)C)c2ccc3ncc(C#N)n3c2)n1. The highest BCUT2D eigenvalue weighted by molar-refractivity contribution is 6.23. The Morgan fingerprint density at radius 2 is 2.08 bits per heavy atom. The van der Waals surface area contributed by atoms with Crippen LogP contribution in [0.3, 0.4) is 0 Å². The lowest BCUT2D eigenvalue weighted by Gasteiger charge is -2.14. The third-order valence-corrected chi connectivity index (χ3v) is 3.77. The van der Waals surface area contributed by atoms with Gasteiger partial charge in [-0.15, -0.1) is 0 Å². The molecule has 0 aromatic carbocycles. The Bertz CT molecular complexity index is 1020. The monoisotopic (exact) mass is 331 g/mol. The molecule has 6 nitrogen and oxygen atoms in total. The normalized spacial score (nSPS) is 11.4. The predicted octanol–water partition coefficient (Wildman–Crippen LogP) is 2.54. The number of fused-ring (bicyclic) bond motifs is 1. The van der Waals surface area contributed by atoms with E-state index in [4.69, 9.17) is 0 Å². The first kappa shape index (κ1) is 16.4. The quantitative estimate of drug-likeness (QED) is 0.691. The predicted molar refractivity (Wildman–Crippen MR) is 95.4 cm³/mol. The summed E-state index contributed by atoms with van der Waals surface area (Å²) in [6, 6.07) is 11.4. The van der Waals surface area contributed by atoms with Crippen LogP contribution in [0.25, 0.3) is 17.3 Å². The van der Waals surface area contributed by atoms with Crippen LogP contribution < -0.4 is 0 Å². The van der Waals surface area contributed by atoms with Crippen LogP contribution in [-0.2, 0) is 4.79 Å². The number of pyridine rings is 2. The lowest BCUT2D eigenvalue weighted by molar-refractivity contribution is -0.122. The number of aryl methyl sites for hydroxylation is 1. The summed E-state index contributed by atoms with van der Waals surface area (Å²) in [5.41, 5.74) is 3.86. The van der Waals surface area contributed by atoms with Crippen LogP contribution in [-0.4, -0.2) is 39.3 Å².